The fourth-order valence-corrected chi connectivity index (χ4v) is 3.46. The van der Waals surface area contributed by atoms with Gasteiger partial charge in [0, 0.05) is 18.5 Å². The molecule has 0 saturated heterocycles. The van der Waals surface area contributed by atoms with Gasteiger partial charge in [0.2, 0.25) is 11.7 Å². The van der Waals surface area contributed by atoms with Gasteiger partial charge in [-0.05, 0) is 31.9 Å². The van der Waals surface area contributed by atoms with Crippen molar-refractivity contribution in [1.29, 1.82) is 0 Å². The van der Waals surface area contributed by atoms with Crippen LogP contribution in [-0.2, 0) is 16.0 Å². The maximum atomic E-state index is 12.3. The molecule has 8 nitrogen and oxygen atoms in total. The van der Waals surface area contributed by atoms with Crippen LogP contribution in [0.1, 0.15) is 51.4 Å². The number of nitrogens with zero attached hydrogens (tertiary/aromatic N) is 3. The molecule has 0 radical (unpaired) electrons. The molecule has 2 amide bonds. The van der Waals surface area contributed by atoms with E-state index in [2.05, 4.69) is 10.1 Å². The van der Waals surface area contributed by atoms with E-state index in [0.29, 0.717) is 48.6 Å². The van der Waals surface area contributed by atoms with Crippen LogP contribution >= 0.6 is 0 Å². The number of amides is 2. The first kappa shape index (κ1) is 21.4. The van der Waals surface area contributed by atoms with E-state index in [4.69, 9.17) is 9.26 Å². The first-order valence-electron chi connectivity index (χ1n) is 10.5. The monoisotopic (exact) mass is 433 g/mol. The number of benzene rings is 2. The molecule has 2 heterocycles. The number of carbonyl (C=O) groups excluding carboxylic acids is 3. The number of imide groups is 1. The quantitative estimate of drug-likeness (QED) is 0.289. The zero-order chi connectivity index (χ0) is 22.5. The van der Waals surface area contributed by atoms with Crippen LogP contribution in [0.4, 0.5) is 0 Å². The van der Waals surface area contributed by atoms with Crippen LogP contribution in [0.25, 0.3) is 11.4 Å². The number of hydrogen-bond donors (Lipinski definition) is 0. The average Bonchev–Trinajstić information content (AvgIpc) is 3.37. The SMILES string of the molecule is Cc1ccc(-c2noc(CCC(=O)OCCCCN3C(=O)c4ccccc4C3=O)n2)cc1. The molecule has 0 saturated carbocycles. The second kappa shape index (κ2) is 9.55. The van der Waals surface area contributed by atoms with Gasteiger partial charge in [-0.15, -0.1) is 0 Å². The molecule has 3 aromatic rings. The highest BCUT2D eigenvalue weighted by Crippen LogP contribution is 2.22. The number of esters is 1. The predicted octanol–water partition coefficient (Wildman–Crippen LogP) is 3.60. The standard InChI is InChI=1S/C24H23N3O5/c1-16-8-10-17(11-9-16)22-25-20(32-26-22)12-13-21(28)31-15-5-4-14-27-23(29)18-6-2-3-7-19(18)24(27)30/h2-3,6-11H,4-5,12-15H2,1H3. The summed E-state index contributed by atoms with van der Waals surface area (Å²) in [5.41, 5.74) is 2.88. The number of fused-ring (bicyclic) bond motifs is 1. The van der Waals surface area contributed by atoms with Crippen molar-refractivity contribution in [3.63, 3.8) is 0 Å². The summed E-state index contributed by atoms with van der Waals surface area (Å²) in [6.45, 7) is 2.52. The molecule has 164 valence electrons. The summed E-state index contributed by atoms with van der Waals surface area (Å²) in [5, 5.41) is 3.95. The first-order valence-corrected chi connectivity index (χ1v) is 10.5. The van der Waals surface area contributed by atoms with E-state index in [9.17, 15) is 14.4 Å². The van der Waals surface area contributed by atoms with E-state index >= 15 is 0 Å². The van der Waals surface area contributed by atoms with Gasteiger partial charge >= 0.3 is 5.97 Å². The number of aryl methyl sites for hydroxylation is 2. The average molecular weight is 433 g/mol. The lowest BCUT2D eigenvalue weighted by atomic mass is 10.1. The summed E-state index contributed by atoms with van der Waals surface area (Å²) in [7, 11) is 0. The van der Waals surface area contributed by atoms with Gasteiger partial charge < -0.3 is 9.26 Å². The summed E-state index contributed by atoms with van der Waals surface area (Å²) in [4.78, 5) is 42.1. The first-order chi connectivity index (χ1) is 15.5. The Hall–Kier alpha value is -3.81. The zero-order valence-electron chi connectivity index (χ0n) is 17.7. The van der Waals surface area contributed by atoms with Crippen molar-refractivity contribution in [2.45, 2.75) is 32.6 Å². The molecule has 0 N–H and O–H groups in total. The third-order valence-corrected chi connectivity index (χ3v) is 5.24. The van der Waals surface area contributed by atoms with E-state index in [1.54, 1.807) is 24.3 Å². The summed E-state index contributed by atoms with van der Waals surface area (Å²) in [6.07, 6.45) is 1.54. The van der Waals surface area contributed by atoms with E-state index < -0.39 is 0 Å². The van der Waals surface area contributed by atoms with Crippen LogP contribution in [0, 0.1) is 6.92 Å². The number of hydrogen-bond acceptors (Lipinski definition) is 7. The number of carbonyl (C=O) groups is 3. The Morgan fingerprint density at radius 2 is 1.69 bits per heavy atom. The van der Waals surface area contributed by atoms with Crippen molar-refractivity contribution in [3.05, 3.63) is 71.1 Å². The van der Waals surface area contributed by atoms with Crippen molar-refractivity contribution >= 4 is 17.8 Å². The second-order valence-corrected chi connectivity index (χ2v) is 7.61. The summed E-state index contributed by atoms with van der Waals surface area (Å²) >= 11 is 0. The predicted molar refractivity (Wildman–Crippen MR) is 115 cm³/mol. The molecule has 0 fully saturated rings. The van der Waals surface area contributed by atoms with Crippen molar-refractivity contribution in [2.75, 3.05) is 13.2 Å². The van der Waals surface area contributed by atoms with Crippen LogP contribution in [0.3, 0.4) is 0 Å². The fourth-order valence-electron chi connectivity index (χ4n) is 3.46. The van der Waals surface area contributed by atoms with Crippen LogP contribution < -0.4 is 0 Å². The molecular formula is C24H23N3O5. The molecule has 0 atom stereocenters. The molecule has 0 spiro atoms. The Morgan fingerprint density at radius 3 is 2.38 bits per heavy atom. The topological polar surface area (TPSA) is 103 Å². The smallest absolute Gasteiger partial charge is 0.306 e. The molecule has 8 heteroatoms. The summed E-state index contributed by atoms with van der Waals surface area (Å²) in [5.74, 6) is -0.0372. The second-order valence-electron chi connectivity index (χ2n) is 7.61. The van der Waals surface area contributed by atoms with Gasteiger partial charge in [-0.1, -0.05) is 47.1 Å². The van der Waals surface area contributed by atoms with Gasteiger partial charge in [-0.2, -0.15) is 4.98 Å². The molecule has 2 aromatic carbocycles. The minimum absolute atomic E-state index is 0.133. The highest BCUT2D eigenvalue weighted by atomic mass is 16.5. The van der Waals surface area contributed by atoms with Gasteiger partial charge in [0.05, 0.1) is 24.2 Å². The molecule has 0 aliphatic carbocycles. The molecule has 0 unspecified atom stereocenters. The Kier molecular flexibility index (Phi) is 6.39. The van der Waals surface area contributed by atoms with Gasteiger partial charge in [-0.25, -0.2) is 0 Å². The van der Waals surface area contributed by atoms with Crippen LogP contribution in [0.2, 0.25) is 0 Å². The zero-order valence-corrected chi connectivity index (χ0v) is 17.7. The molecule has 32 heavy (non-hydrogen) atoms. The van der Waals surface area contributed by atoms with E-state index in [-0.39, 0.29) is 30.8 Å². The van der Waals surface area contributed by atoms with E-state index in [1.807, 2.05) is 31.2 Å². The largest absolute Gasteiger partial charge is 0.466 e. The minimum Gasteiger partial charge on any atom is -0.466 e. The van der Waals surface area contributed by atoms with Crippen LogP contribution in [0.15, 0.2) is 53.1 Å². The number of rotatable bonds is 9. The number of ether oxygens (including phenoxy) is 1. The molecule has 1 aromatic heterocycles. The lowest BCUT2D eigenvalue weighted by Crippen LogP contribution is -2.30. The minimum atomic E-state index is -0.360. The summed E-state index contributed by atoms with van der Waals surface area (Å²) < 4.78 is 10.4. The van der Waals surface area contributed by atoms with E-state index in [0.717, 1.165) is 11.1 Å². The highest BCUT2D eigenvalue weighted by Gasteiger charge is 2.34. The molecule has 0 bridgehead atoms. The molecule has 1 aliphatic heterocycles. The maximum absolute atomic E-state index is 12.3. The van der Waals surface area contributed by atoms with Crippen molar-refractivity contribution in [3.8, 4) is 11.4 Å². The lowest BCUT2D eigenvalue weighted by Gasteiger charge is -2.13. The Morgan fingerprint density at radius 1 is 1.00 bits per heavy atom. The van der Waals surface area contributed by atoms with E-state index in [1.165, 1.54) is 4.90 Å². The van der Waals surface area contributed by atoms with Crippen molar-refractivity contribution < 1.29 is 23.6 Å². The van der Waals surface area contributed by atoms with Crippen molar-refractivity contribution in [2.24, 2.45) is 0 Å². The Balaban J connectivity index is 1.15. The number of aromatic nitrogens is 2. The normalized spacial score (nSPS) is 12.8. The van der Waals surface area contributed by atoms with Gasteiger partial charge in [0.25, 0.3) is 11.8 Å². The van der Waals surface area contributed by atoms with Gasteiger partial charge in [0.1, 0.15) is 0 Å². The maximum Gasteiger partial charge on any atom is 0.306 e. The Bertz CT molecular complexity index is 1100. The third kappa shape index (κ3) is 4.74. The fraction of sp³-hybridized carbons (Fsp3) is 0.292. The van der Waals surface area contributed by atoms with Gasteiger partial charge in [0.15, 0.2) is 0 Å². The third-order valence-electron chi connectivity index (χ3n) is 5.24. The lowest BCUT2D eigenvalue weighted by molar-refractivity contribution is -0.143. The summed E-state index contributed by atoms with van der Waals surface area (Å²) in [6, 6.07) is 14.6. The van der Waals surface area contributed by atoms with Crippen molar-refractivity contribution in [1.82, 2.24) is 15.0 Å². The highest BCUT2D eigenvalue weighted by molar-refractivity contribution is 6.21. The van der Waals surface area contributed by atoms with Crippen LogP contribution in [-0.4, -0.2) is 46.0 Å². The van der Waals surface area contributed by atoms with Gasteiger partial charge in [-0.3, -0.25) is 19.3 Å². The molecular weight excluding hydrogens is 410 g/mol. The van der Waals surface area contributed by atoms with Crippen LogP contribution in [0.5, 0.6) is 0 Å². The molecule has 1 aliphatic rings. The number of unbranched alkanes of at least 4 members (excludes halogenated alkanes) is 1. The molecule has 4 rings (SSSR count). The Labute approximate surface area is 185 Å².